The summed E-state index contributed by atoms with van der Waals surface area (Å²) in [6.45, 7) is 1.10. The Morgan fingerprint density at radius 1 is 1.00 bits per heavy atom. The molecule has 0 aromatic heterocycles. The summed E-state index contributed by atoms with van der Waals surface area (Å²) in [7, 11) is 0. The monoisotopic (exact) mass is 348 g/mol. The van der Waals surface area contributed by atoms with Crippen molar-refractivity contribution in [2.24, 2.45) is 0 Å². The molecule has 1 aliphatic rings. The fourth-order valence-electron chi connectivity index (χ4n) is 2.91. The minimum absolute atomic E-state index is 0.129. The first kappa shape index (κ1) is 17.0. The lowest BCUT2D eigenvalue weighted by Gasteiger charge is -2.22. The van der Waals surface area contributed by atoms with Crippen LogP contribution in [0.2, 0.25) is 0 Å². The fraction of sp³-hybridized carbons (Fsp3) is 0.222. The Bertz CT molecular complexity index is 821. The van der Waals surface area contributed by atoms with E-state index in [0.717, 1.165) is 11.0 Å². The predicted octanol–water partition coefficient (Wildman–Crippen LogP) is 3.67. The zero-order valence-electron chi connectivity index (χ0n) is 13.3. The number of nitrogens with zero attached hydrogens (tertiary/aromatic N) is 1. The van der Waals surface area contributed by atoms with E-state index in [0.29, 0.717) is 5.56 Å². The quantitative estimate of drug-likeness (QED) is 0.861. The number of carbonyl (C=O) groups is 2. The van der Waals surface area contributed by atoms with Gasteiger partial charge < -0.3 is 5.32 Å². The highest BCUT2D eigenvalue weighted by Crippen LogP contribution is 2.34. The number of urea groups is 1. The van der Waals surface area contributed by atoms with E-state index in [1.165, 1.54) is 25.1 Å². The topological polar surface area (TPSA) is 49.4 Å². The number of nitrogens with one attached hydrogen (secondary N) is 1. The number of carbonyl (C=O) groups excluding carboxylic acids is 2. The molecule has 7 heteroatoms. The van der Waals surface area contributed by atoms with Crippen LogP contribution in [0.1, 0.15) is 23.6 Å². The molecule has 3 rings (SSSR count). The lowest BCUT2D eigenvalue weighted by atomic mass is 9.92. The largest absolute Gasteiger partial charge is 0.416 e. The van der Waals surface area contributed by atoms with E-state index in [1.54, 1.807) is 30.3 Å². The highest BCUT2D eigenvalue weighted by Gasteiger charge is 2.49. The number of benzene rings is 2. The Balaban J connectivity index is 1.93. The molecule has 0 radical (unpaired) electrons. The second kappa shape index (κ2) is 5.91. The number of hydrogen-bond donors (Lipinski definition) is 1. The molecular formula is C18H15F3N2O2. The molecule has 130 valence electrons. The van der Waals surface area contributed by atoms with Crippen molar-refractivity contribution in [2.45, 2.75) is 25.2 Å². The van der Waals surface area contributed by atoms with Crippen LogP contribution < -0.4 is 5.32 Å². The summed E-state index contributed by atoms with van der Waals surface area (Å²) in [6.07, 6.45) is -4.56. The summed E-state index contributed by atoms with van der Waals surface area (Å²) in [5.41, 5.74) is -1.72. The third kappa shape index (κ3) is 2.97. The molecule has 0 spiro atoms. The molecule has 1 aliphatic heterocycles. The molecule has 1 atom stereocenters. The van der Waals surface area contributed by atoms with Gasteiger partial charge in [-0.05, 0) is 24.1 Å². The van der Waals surface area contributed by atoms with Crippen LogP contribution in [-0.2, 0) is 23.1 Å². The van der Waals surface area contributed by atoms with Gasteiger partial charge in [-0.1, -0.05) is 48.5 Å². The maximum atomic E-state index is 13.1. The highest BCUT2D eigenvalue weighted by atomic mass is 19.4. The first-order chi connectivity index (χ1) is 11.7. The van der Waals surface area contributed by atoms with Gasteiger partial charge in [-0.15, -0.1) is 0 Å². The van der Waals surface area contributed by atoms with Crippen LogP contribution in [0.5, 0.6) is 0 Å². The second-order valence-electron chi connectivity index (χ2n) is 5.97. The average Bonchev–Trinajstić information content (AvgIpc) is 2.79. The van der Waals surface area contributed by atoms with Crippen molar-refractivity contribution in [3.05, 3.63) is 71.3 Å². The minimum atomic E-state index is -4.56. The van der Waals surface area contributed by atoms with Crippen molar-refractivity contribution < 1.29 is 22.8 Å². The lowest BCUT2D eigenvalue weighted by molar-refractivity contribution is -0.139. The van der Waals surface area contributed by atoms with Crippen LogP contribution in [0.15, 0.2) is 54.6 Å². The molecule has 2 aromatic carbocycles. The Morgan fingerprint density at radius 3 is 2.24 bits per heavy atom. The molecule has 1 fully saturated rings. The van der Waals surface area contributed by atoms with Crippen molar-refractivity contribution in [3.8, 4) is 0 Å². The number of hydrogen-bond acceptors (Lipinski definition) is 2. The summed E-state index contributed by atoms with van der Waals surface area (Å²) in [4.78, 5) is 25.8. The van der Waals surface area contributed by atoms with Gasteiger partial charge >= 0.3 is 12.2 Å². The van der Waals surface area contributed by atoms with Crippen LogP contribution in [0, 0.1) is 0 Å². The molecule has 1 saturated heterocycles. The number of halogens is 3. The van der Waals surface area contributed by atoms with Gasteiger partial charge in [-0.3, -0.25) is 9.69 Å². The Hall–Kier alpha value is -2.83. The molecule has 4 nitrogen and oxygen atoms in total. The molecule has 0 saturated carbocycles. The molecule has 0 bridgehead atoms. The van der Waals surface area contributed by atoms with Gasteiger partial charge in [0.2, 0.25) is 0 Å². The summed E-state index contributed by atoms with van der Waals surface area (Å²) >= 11 is 0. The van der Waals surface area contributed by atoms with Gasteiger partial charge in [0.15, 0.2) is 0 Å². The van der Waals surface area contributed by atoms with Crippen molar-refractivity contribution in [3.63, 3.8) is 0 Å². The summed E-state index contributed by atoms with van der Waals surface area (Å²) < 4.78 is 39.4. The normalized spacial score (nSPS) is 20.7. The summed E-state index contributed by atoms with van der Waals surface area (Å²) in [5, 5.41) is 2.58. The maximum absolute atomic E-state index is 13.1. The van der Waals surface area contributed by atoms with E-state index in [-0.39, 0.29) is 5.56 Å². The van der Waals surface area contributed by atoms with Gasteiger partial charge in [0.05, 0.1) is 12.1 Å². The molecule has 3 amide bonds. The molecular weight excluding hydrogens is 333 g/mol. The van der Waals surface area contributed by atoms with Gasteiger partial charge in [0.1, 0.15) is 5.54 Å². The third-order valence-corrected chi connectivity index (χ3v) is 4.28. The molecule has 0 aliphatic carbocycles. The zero-order valence-corrected chi connectivity index (χ0v) is 13.3. The van der Waals surface area contributed by atoms with E-state index in [2.05, 4.69) is 5.32 Å². The standard InChI is InChI=1S/C18H15F3N2O2/c1-17(13-8-3-2-4-9-13)15(24)23(16(25)22-17)11-12-7-5-6-10-14(12)18(19,20)21/h2-10H,11H2,1H3,(H,22,25)/t17-/m1/s1. The van der Waals surface area contributed by atoms with Crippen LogP contribution >= 0.6 is 0 Å². The minimum Gasteiger partial charge on any atom is -0.319 e. The van der Waals surface area contributed by atoms with E-state index in [1.807, 2.05) is 0 Å². The predicted molar refractivity (Wildman–Crippen MR) is 84.3 cm³/mol. The third-order valence-electron chi connectivity index (χ3n) is 4.28. The lowest BCUT2D eigenvalue weighted by Crippen LogP contribution is -2.40. The van der Waals surface area contributed by atoms with E-state index < -0.39 is 35.8 Å². The van der Waals surface area contributed by atoms with Crippen molar-refractivity contribution in [1.29, 1.82) is 0 Å². The summed E-state index contributed by atoms with van der Waals surface area (Å²) in [6, 6.07) is 12.8. The van der Waals surface area contributed by atoms with Crippen molar-refractivity contribution in [2.75, 3.05) is 0 Å². The first-order valence-electron chi connectivity index (χ1n) is 7.58. The number of amides is 3. The van der Waals surface area contributed by atoms with Crippen molar-refractivity contribution in [1.82, 2.24) is 10.2 Å². The molecule has 1 heterocycles. The molecule has 0 unspecified atom stereocenters. The van der Waals surface area contributed by atoms with Crippen molar-refractivity contribution >= 4 is 11.9 Å². The van der Waals surface area contributed by atoms with Gasteiger partial charge in [0.25, 0.3) is 5.91 Å². The number of alkyl halides is 3. The van der Waals surface area contributed by atoms with Crippen LogP contribution in [-0.4, -0.2) is 16.8 Å². The van der Waals surface area contributed by atoms with Gasteiger partial charge in [0, 0.05) is 0 Å². The van der Waals surface area contributed by atoms with Crippen LogP contribution in [0.3, 0.4) is 0 Å². The smallest absolute Gasteiger partial charge is 0.319 e. The molecule has 1 N–H and O–H groups in total. The average molecular weight is 348 g/mol. The summed E-state index contributed by atoms with van der Waals surface area (Å²) in [5.74, 6) is -0.583. The molecule has 25 heavy (non-hydrogen) atoms. The number of imide groups is 1. The van der Waals surface area contributed by atoms with E-state index >= 15 is 0 Å². The van der Waals surface area contributed by atoms with Crippen LogP contribution in [0.4, 0.5) is 18.0 Å². The van der Waals surface area contributed by atoms with Crippen LogP contribution in [0.25, 0.3) is 0 Å². The molecule has 2 aromatic rings. The fourth-order valence-corrected chi connectivity index (χ4v) is 2.91. The first-order valence-corrected chi connectivity index (χ1v) is 7.58. The highest BCUT2D eigenvalue weighted by molar-refractivity contribution is 6.07. The zero-order chi connectivity index (χ0) is 18.2. The Kier molecular flexibility index (Phi) is 4.02. The van der Waals surface area contributed by atoms with E-state index in [9.17, 15) is 22.8 Å². The Morgan fingerprint density at radius 2 is 1.60 bits per heavy atom. The maximum Gasteiger partial charge on any atom is 0.416 e. The Labute approximate surface area is 142 Å². The van der Waals surface area contributed by atoms with Gasteiger partial charge in [-0.2, -0.15) is 13.2 Å². The second-order valence-corrected chi connectivity index (χ2v) is 5.97. The van der Waals surface area contributed by atoms with E-state index in [4.69, 9.17) is 0 Å². The SMILES string of the molecule is C[C@]1(c2ccccc2)NC(=O)N(Cc2ccccc2C(F)(F)F)C1=O. The van der Waals surface area contributed by atoms with Gasteiger partial charge in [-0.25, -0.2) is 4.79 Å². The number of rotatable bonds is 3.